The third kappa shape index (κ3) is 2.44. The van der Waals surface area contributed by atoms with Gasteiger partial charge in [0.05, 0.1) is 16.8 Å². The van der Waals surface area contributed by atoms with Gasteiger partial charge in [-0.15, -0.1) is 0 Å². The third-order valence-electron chi connectivity index (χ3n) is 3.25. The number of hydrogen-bond donors (Lipinski definition) is 1. The molecule has 21 heavy (non-hydrogen) atoms. The topological polar surface area (TPSA) is 93.0 Å². The quantitative estimate of drug-likeness (QED) is 0.651. The van der Waals surface area contributed by atoms with E-state index in [-0.39, 0.29) is 11.9 Å². The summed E-state index contributed by atoms with van der Waals surface area (Å²) in [4.78, 5) is 33.4. The maximum atomic E-state index is 12.3. The molecular weight excluding hydrogens is 292 g/mol. The first kappa shape index (κ1) is 13.8. The van der Waals surface area contributed by atoms with Gasteiger partial charge in [0.1, 0.15) is 11.4 Å². The summed E-state index contributed by atoms with van der Waals surface area (Å²) in [5.74, 6) is -0.217. The highest BCUT2D eigenvalue weighted by atomic mass is 32.2. The van der Waals surface area contributed by atoms with Gasteiger partial charge in [0.15, 0.2) is 5.65 Å². The molecule has 1 fully saturated rings. The fourth-order valence-electron chi connectivity index (χ4n) is 2.15. The number of fused-ring (bicyclic) bond motifs is 1. The van der Waals surface area contributed by atoms with Crippen molar-refractivity contribution in [2.45, 2.75) is 17.2 Å². The molecule has 8 nitrogen and oxygen atoms in total. The zero-order chi connectivity index (χ0) is 15.0. The lowest BCUT2D eigenvalue weighted by Crippen LogP contribution is -2.38. The van der Waals surface area contributed by atoms with Gasteiger partial charge in [-0.3, -0.25) is 14.4 Å². The Morgan fingerprint density at radius 3 is 3.00 bits per heavy atom. The number of carbonyl (C=O) groups is 2. The number of aryl methyl sites for hydroxylation is 1. The SMILES string of the molecule is CC(Sc1ncnc2c1cnn2C)C(=O)N1CCNC1=O. The molecule has 2 aromatic rings. The number of thioether (sulfide) groups is 1. The summed E-state index contributed by atoms with van der Waals surface area (Å²) in [6.45, 7) is 2.68. The van der Waals surface area contributed by atoms with Crippen LogP contribution >= 0.6 is 11.8 Å². The number of hydrogen-bond acceptors (Lipinski definition) is 6. The Labute approximate surface area is 124 Å². The highest BCUT2D eigenvalue weighted by molar-refractivity contribution is 8.00. The van der Waals surface area contributed by atoms with Gasteiger partial charge >= 0.3 is 6.03 Å². The summed E-state index contributed by atoms with van der Waals surface area (Å²) in [6.07, 6.45) is 3.13. The molecule has 1 atom stereocenters. The molecule has 0 aliphatic carbocycles. The minimum absolute atomic E-state index is 0.217. The van der Waals surface area contributed by atoms with Crippen LogP contribution in [0.4, 0.5) is 4.79 Å². The van der Waals surface area contributed by atoms with Crippen molar-refractivity contribution < 1.29 is 9.59 Å². The van der Waals surface area contributed by atoms with E-state index in [9.17, 15) is 9.59 Å². The number of imide groups is 1. The van der Waals surface area contributed by atoms with Crippen molar-refractivity contribution in [2.24, 2.45) is 7.05 Å². The molecule has 2 aromatic heterocycles. The van der Waals surface area contributed by atoms with Gasteiger partial charge in [0, 0.05) is 20.1 Å². The van der Waals surface area contributed by atoms with Gasteiger partial charge in [0.25, 0.3) is 0 Å². The average Bonchev–Trinajstić information content (AvgIpc) is 3.06. The summed E-state index contributed by atoms with van der Waals surface area (Å²) >= 11 is 1.31. The molecule has 0 aromatic carbocycles. The number of urea groups is 1. The van der Waals surface area contributed by atoms with Gasteiger partial charge in [-0.2, -0.15) is 5.10 Å². The fraction of sp³-hybridized carbons (Fsp3) is 0.417. The molecule has 0 spiro atoms. The average molecular weight is 306 g/mol. The molecule has 1 aliphatic rings. The van der Waals surface area contributed by atoms with E-state index in [4.69, 9.17) is 0 Å². The monoisotopic (exact) mass is 306 g/mol. The highest BCUT2D eigenvalue weighted by Gasteiger charge is 2.30. The molecule has 110 valence electrons. The van der Waals surface area contributed by atoms with Crippen molar-refractivity contribution in [3.05, 3.63) is 12.5 Å². The van der Waals surface area contributed by atoms with Crippen LogP contribution in [0.5, 0.6) is 0 Å². The van der Waals surface area contributed by atoms with Crippen molar-refractivity contribution in [3.63, 3.8) is 0 Å². The molecule has 9 heteroatoms. The molecule has 1 N–H and O–H groups in total. The van der Waals surface area contributed by atoms with Gasteiger partial charge < -0.3 is 5.32 Å². The summed E-state index contributed by atoms with van der Waals surface area (Å²) in [7, 11) is 1.80. The number of nitrogens with one attached hydrogen (secondary N) is 1. The predicted octanol–water partition coefficient (Wildman–Crippen LogP) is 0.396. The lowest BCUT2D eigenvalue weighted by molar-refractivity contribution is -0.126. The Bertz CT molecular complexity index is 715. The standard InChI is InChI=1S/C12H14N6O2S/c1-7(11(19)18-4-3-13-12(18)20)21-10-8-5-16-17(2)9(8)14-6-15-10/h5-7H,3-4H2,1-2H3,(H,13,20). The Morgan fingerprint density at radius 1 is 1.48 bits per heavy atom. The van der Waals surface area contributed by atoms with E-state index >= 15 is 0 Å². The normalized spacial score (nSPS) is 16.3. The zero-order valence-corrected chi connectivity index (χ0v) is 12.4. The molecule has 3 rings (SSSR count). The van der Waals surface area contributed by atoms with Crippen molar-refractivity contribution in [1.29, 1.82) is 0 Å². The van der Waals surface area contributed by atoms with E-state index in [0.717, 1.165) is 5.39 Å². The first-order valence-electron chi connectivity index (χ1n) is 6.46. The van der Waals surface area contributed by atoms with E-state index in [0.29, 0.717) is 23.8 Å². The van der Waals surface area contributed by atoms with Crippen LogP contribution in [0.25, 0.3) is 11.0 Å². The summed E-state index contributed by atoms with van der Waals surface area (Å²) in [6, 6.07) is -0.332. The van der Waals surface area contributed by atoms with Crippen molar-refractivity contribution in [3.8, 4) is 0 Å². The third-order valence-corrected chi connectivity index (χ3v) is 4.36. The summed E-state index contributed by atoms with van der Waals surface area (Å²) < 4.78 is 1.65. The maximum absolute atomic E-state index is 12.3. The van der Waals surface area contributed by atoms with Crippen LogP contribution < -0.4 is 5.32 Å². The van der Waals surface area contributed by atoms with E-state index in [2.05, 4.69) is 20.4 Å². The predicted molar refractivity (Wildman–Crippen MR) is 76.7 cm³/mol. The Balaban J connectivity index is 1.81. The fourth-order valence-corrected chi connectivity index (χ4v) is 3.10. The molecular formula is C12H14N6O2S. The number of nitrogens with zero attached hydrogens (tertiary/aromatic N) is 5. The minimum Gasteiger partial charge on any atom is -0.336 e. The summed E-state index contributed by atoms with van der Waals surface area (Å²) in [5, 5.41) is 7.84. The molecule has 1 unspecified atom stereocenters. The van der Waals surface area contributed by atoms with Gasteiger partial charge in [-0.25, -0.2) is 14.8 Å². The highest BCUT2D eigenvalue weighted by Crippen LogP contribution is 2.28. The van der Waals surface area contributed by atoms with Crippen molar-refractivity contribution in [2.75, 3.05) is 13.1 Å². The molecule has 0 bridgehead atoms. The van der Waals surface area contributed by atoms with E-state index in [1.165, 1.54) is 23.0 Å². The van der Waals surface area contributed by atoms with Crippen LogP contribution in [0.1, 0.15) is 6.92 Å². The maximum Gasteiger partial charge on any atom is 0.324 e. The van der Waals surface area contributed by atoms with E-state index in [1.807, 2.05) is 0 Å². The molecule has 0 saturated carbocycles. The number of amides is 3. The second-order valence-corrected chi connectivity index (χ2v) is 6.00. The molecule has 3 amide bonds. The largest absolute Gasteiger partial charge is 0.336 e. The van der Waals surface area contributed by atoms with E-state index < -0.39 is 5.25 Å². The first-order chi connectivity index (χ1) is 10.1. The minimum atomic E-state index is -0.410. The van der Waals surface area contributed by atoms with E-state index in [1.54, 1.807) is 24.9 Å². The second kappa shape index (κ2) is 5.32. The Hall–Kier alpha value is -2.16. The molecule has 1 saturated heterocycles. The van der Waals surface area contributed by atoms with Crippen LogP contribution in [-0.2, 0) is 11.8 Å². The van der Waals surface area contributed by atoms with Gasteiger partial charge in [-0.1, -0.05) is 11.8 Å². The van der Waals surface area contributed by atoms with Crippen LogP contribution in [0.3, 0.4) is 0 Å². The van der Waals surface area contributed by atoms with Gasteiger partial charge in [0.2, 0.25) is 5.91 Å². The Kier molecular flexibility index (Phi) is 3.50. The smallest absolute Gasteiger partial charge is 0.324 e. The van der Waals surface area contributed by atoms with Crippen LogP contribution in [0, 0.1) is 0 Å². The van der Waals surface area contributed by atoms with Crippen LogP contribution in [0.15, 0.2) is 17.6 Å². The van der Waals surface area contributed by atoms with Gasteiger partial charge in [-0.05, 0) is 6.92 Å². The lowest BCUT2D eigenvalue weighted by atomic mass is 10.4. The first-order valence-corrected chi connectivity index (χ1v) is 7.34. The zero-order valence-electron chi connectivity index (χ0n) is 11.6. The second-order valence-electron chi connectivity index (χ2n) is 4.67. The number of aromatic nitrogens is 4. The number of carbonyl (C=O) groups excluding carboxylic acids is 2. The van der Waals surface area contributed by atoms with Crippen molar-refractivity contribution >= 4 is 34.7 Å². The van der Waals surface area contributed by atoms with Crippen LogP contribution in [-0.4, -0.2) is 54.9 Å². The molecule has 3 heterocycles. The Morgan fingerprint density at radius 2 is 2.29 bits per heavy atom. The lowest BCUT2D eigenvalue weighted by Gasteiger charge is -2.17. The molecule has 1 aliphatic heterocycles. The van der Waals surface area contributed by atoms with Crippen molar-refractivity contribution in [1.82, 2.24) is 30.0 Å². The summed E-state index contributed by atoms with van der Waals surface area (Å²) in [5.41, 5.74) is 0.714. The molecule has 0 radical (unpaired) electrons. The number of rotatable bonds is 3. The van der Waals surface area contributed by atoms with Crippen LogP contribution in [0.2, 0.25) is 0 Å².